The molecule has 2 heteroatoms. The molecule has 120 valence electrons. The maximum absolute atomic E-state index is 2.22. The second-order valence-corrected chi connectivity index (χ2v) is 6.14. The van der Waals surface area contributed by atoms with Crippen molar-refractivity contribution in [2.75, 3.05) is 19.0 Å². The lowest BCUT2D eigenvalue weighted by Gasteiger charge is -2.13. The normalized spacial score (nSPS) is 11.6. The number of hydrogen-bond acceptors (Lipinski definition) is 1. The minimum Gasteiger partial charge on any atom is -0.378 e. The molecule has 0 unspecified atom stereocenters. The van der Waals surface area contributed by atoms with E-state index < -0.39 is 0 Å². The quantitative estimate of drug-likeness (QED) is 0.509. The zero-order valence-corrected chi connectivity index (χ0v) is 14.5. The minimum absolute atomic E-state index is 1.18. The summed E-state index contributed by atoms with van der Waals surface area (Å²) in [5.41, 5.74) is 3.61. The molecule has 0 saturated carbocycles. The van der Waals surface area contributed by atoms with Crippen molar-refractivity contribution in [3.05, 3.63) is 84.2 Å². The van der Waals surface area contributed by atoms with Crippen LogP contribution in [0.3, 0.4) is 0 Å². The Morgan fingerprint density at radius 1 is 0.833 bits per heavy atom. The van der Waals surface area contributed by atoms with E-state index in [-0.39, 0.29) is 0 Å². The summed E-state index contributed by atoms with van der Waals surface area (Å²) in [6.07, 6.45) is 10.5. The molecule has 2 nitrogen and oxygen atoms in total. The van der Waals surface area contributed by atoms with Gasteiger partial charge in [-0.2, -0.15) is 0 Å². The highest BCUT2D eigenvalue weighted by atomic mass is 15.1. The molecule has 0 spiro atoms. The third kappa shape index (κ3) is 3.72. The van der Waals surface area contributed by atoms with E-state index in [0.717, 1.165) is 0 Å². The predicted octanol–water partition coefficient (Wildman–Crippen LogP) is 4.46. The fourth-order valence-electron chi connectivity index (χ4n) is 2.66. The first kappa shape index (κ1) is 16.0. The Kier molecular flexibility index (Phi) is 4.76. The molecular formula is C22H23N2+. The number of anilines is 1. The average Bonchev–Trinajstić information content (AvgIpc) is 2.59. The van der Waals surface area contributed by atoms with E-state index in [0.29, 0.717) is 0 Å². The lowest BCUT2D eigenvalue weighted by Crippen LogP contribution is -2.30. The molecule has 0 amide bonds. The summed E-state index contributed by atoms with van der Waals surface area (Å²) in [6.45, 7) is 0. The summed E-state index contributed by atoms with van der Waals surface area (Å²) in [6, 6.07) is 19.3. The molecule has 0 aliphatic rings. The van der Waals surface area contributed by atoms with Gasteiger partial charge in [0.05, 0.1) is 0 Å². The number of hydrogen-bond donors (Lipinski definition) is 0. The molecule has 3 aromatic rings. The van der Waals surface area contributed by atoms with Gasteiger partial charge < -0.3 is 4.90 Å². The molecule has 3 rings (SSSR count). The first-order valence-corrected chi connectivity index (χ1v) is 8.14. The summed E-state index contributed by atoms with van der Waals surface area (Å²) in [5, 5.41) is 2.53. The molecular weight excluding hydrogens is 292 g/mol. The fourth-order valence-corrected chi connectivity index (χ4v) is 2.66. The standard InChI is InChI=1S/C22H23N2/c1-23(2)22-14-13-19-16-18(11-12-20(19)17-22)8-4-5-9-21-10-6-7-15-24(21)3/h4-17H,1-3H3/q+1. The lowest BCUT2D eigenvalue weighted by molar-refractivity contribution is -0.673. The Morgan fingerprint density at radius 3 is 2.38 bits per heavy atom. The highest BCUT2D eigenvalue weighted by Gasteiger charge is 1.99. The number of benzene rings is 2. The Bertz CT molecular complexity index is 905. The van der Waals surface area contributed by atoms with Crippen molar-refractivity contribution in [2.45, 2.75) is 0 Å². The minimum atomic E-state index is 1.18. The molecule has 0 N–H and O–H groups in total. The number of pyridine rings is 1. The van der Waals surface area contributed by atoms with Gasteiger partial charge in [0.15, 0.2) is 6.20 Å². The maximum atomic E-state index is 2.22. The molecule has 1 heterocycles. The number of allylic oxidation sites excluding steroid dienone is 2. The van der Waals surface area contributed by atoms with Crippen LogP contribution >= 0.6 is 0 Å². The van der Waals surface area contributed by atoms with Crippen molar-refractivity contribution in [3.8, 4) is 0 Å². The molecule has 0 saturated heterocycles. The van der Waals surface area contributed by atoms with E-state index in [9.17, 15) is 0 Å². The number of rotatable bonds is 4. The van der Waals surface area contributed by atoms with Gasteiger partial charge in [0.2, 0.25) is 5.69 Å². The van der Waals surface area contributed by atoms with Crippen LogP contribution in [0.2, 0.25) is 0 Å². The molecule has 0 radical (unpaired) electrons. The van der Waals surface area contributed by atoms with Crippen molar-refractivity contribution in [2.24, 2.45) is 7.05 Å². The zero-order chi connectivity index (χ0) is 16.9. The lowest BCUT2D eigenvalue weighted by atomic mass is 10.1. The summed E-state index contributed by atoms with van der Waals surface area (Å²) in [7, 11) is 6.18. The van der Waals surface area contributed by atoms with E-state index in [1.165, 1.54) is 27.7 Å². The molecule has 24 heavy (non-hydrogen) atoms. The third-order valence-corrected chi connectivity index (χ3v) is 4.13. The van der Waals surface area contributed by atoms with E-state index in [1.807, 2.05) is 6.07 Å². The maximum Gasteiger partial charge on any atom is 0.204 e. The molecule has 0 bridgehead atoms. The first-order valence-electron chi connectivity index (χ1n) is 8.14. The molecule has 0 aliphatic heterocycles. The van der Waals surface area contributed by atoms with Crippen molar-refractivity contribution in [3.63, 3.8) is 0 Å². The summed E-state index contributed by atoms with van der Waals surface area (Å²) >= 11 is 0. The van der Waals surface area contributed by atoms with Gasteiger partial charge in [-0.05, 0) is 40.6 Å². The third-order valence-electron chi connectivity index (χ3n) is 4.13. The van der Waals surface area contributed by atoms with Gasteiger partial charge in [0.1, 0.15) is 7.05 Å². The van der Waals surface area contributed by atoms with E-state index in [1.54, 1.807) is 0 Å². The number of aromatic nitrogens is 1. The highest BCUT2D eigenvalue weighted by Crippen LogP contribution is 2.22. The average molecular weight is 315 g/mol. The Morgan fingerprint density at radius 2 is 1.58 bits per heavy atom. The smallest absolute Gasteiger partial charge is 0.204 e. The molecule has 0 atom stereocenters. The summed E-state index contributed by atoms with van der Waals surface area (Å²) in [5.74, 6) is 0. The van der Waals surface area contributed by atoms with Crippen molar-refractivity contribution < 1.29 is 4.57 Å². The zero-order valence-electron chi connectivity index (χ0n) is 14.5. The van der Waals surface area contributed by atoms with E-state index >= 15 is 0 Å². The van der Waals surface area contributed by atoms with Gasteiger partial charge in [-0.1, -0.05) is 36.4 Å². The van der Waals surface area contributed by atoms with Crippen LogP contribution in [0, 0.1) is 0 Å². The first-order chi connectivity index (χ1) is 11.6. The van der Waals surface area contributed by atoms with Crippen molar-refractivity contribution in [1.29, 1.82) is 0 Å². The number of nitrogens with zero attached hydrogens (tertiary/aromatic N) is 2. The SMILES string of the molecule is CN(C)c1ccc2cc(/C=C/C=C/c3cccc[n+]3C)ccc2c1. The van der Waals surface area contributed by atoms with Crippen LogP contribution in [0.1, 0.15) is 11.3 Å². The van der Waals surface area contributed by atoms with Gasteiger partial charge in [-0.15, -0.1) is 0 Å². The van der Waals surface area contributed by atoms with Crippen molar-refractivity contribution >= 4 is 28.6 Å². The second-order valence-electron chi connectivity index (χ2n) is 6.14. The van der Waals surface area contributed by atoms with Crippen LogP contribution in [0.4, 0.5) is 5.69 Å². The Hall–Kier alpha value is -2.87. The Balaban J connectivity index is 1.78. The fraction of sp³-hybridized carbons (Fsp3) is 0.136. The van der Waals surface area contributed by atoms with Crippen LogP contribution in [0.25, 0.3) is 22.9 Å². The topological polar surface area (TPSA) is 7.12 Å². The molecule has 2 aromatic carbocycles. The van der Waals surface area contributed by atoms with Crippen LogP contribution in [-0.2, 0) is 7.05 Å². The van der Waals surface area contributed by atoms with Gasteiger partial charge in [0, 0.05) is 38.0 Å². The summed E-state index contributed by atoms with van der Waals surface area (Å²) in [4.78, 5) is 2.13. The Labute approximate surface area is 144 Å². The van der Waals surface area contributed by atoms with Gasteiger partial charge in [-0.25, -0.2) is 4.57 Å². The largest absolute Gasteiger partial charge is 0.378 e. The van der Waals surface area contributed by atoms with Crippen LogP contribution in [0.15, 0.2) is 72.9 Å². The van der Waals surface area contributed by atoms with E-state index in [4.69, 9.17) is 0 Å². The number of aryl methyl sites for hydroxylation is 1. The molecule has 0 aliphatic carbocycles. The highest BCUT2D eigenvalue weighted by molar-refractivity contribution is 5.87. The van der Waals surface area contributed by atoms with Crippen molar-refractivity contribution in [1.82, 2.24) is 0 Å². The van der Waals surface area contributed by atoms with Crippen LogP contribution in [0.5, 0.6) is 0 Å². The van der Waals surface area contributed by atoms with Crippen LogP contribution in [-0.4, -0.2) is 14.1 Å². The predicted molar refractivity (Wildman–Crippen MR) is 104 cm³/mol. The molecule has 0 fully saturated rings. The monoisotopic (exact) mass is 315 g/mol. The summed E-state index contributed by atoms with van der Waals surface area (Å²) < 4.78 is 2.10. The van der Waals surface area contributed by atoms with Gasteiger partial charge >= 0.3 is 0 Å². The van der Waals surface area contributed by atoms with E-state index in [2.05, 4.69) is 110 Å². The molecule has 1 aromatic heterocycles. The number of fused-ring (bicyclic) bond motifs is 1. The van der Waals surface area contributed by atoms with Gasteiger partial charge in [-0.3, -0.25) is 0 Å². The van der Waals surface area contributed by atoms with Crippen LogP contribution < -0.4 is 9.47 Å². The second kappa shape index (κ2) is 7.14. The van der Waals surface area contributed by atoms with Gasteiger partial charge in [0.25, 0.3) is 0 Å².